The van der Waals surface area contributed by atoms with E-state index in [2.05, 4.69) is 4.90 Å². The van der Waals surface area contributed by atoms with E-state index in [4.69, 9.17) is 21.0 Å². The van der Waals surface area contributed by atoms with Gasteiger partial charge >= 0.3 is 0 Å². The van der Waals surface area contributed by atoms with E-state index < -0.39 is 0 Å². The van der Waals surface area contributed by atoms with Gasteiger partial charge in [-0.3, -0.25) is 9.69 Å². The molecule has 0 bridgehead atoms. The van der Waals surface area contributed by atoms with Crippen molar-refractivity contribution in [2.75, 3.05) is 32.1 Å². The highest BCUT2D eigenvalue weighted by molar-refractivity contribution is 7.23. The van der Waals surface area contributed by atoms with Gasteiger partial charge in [0.1, 0.15) is 5.58 Å². The second kappa shape index (κ2) is 8.14. The molecule has 0 spiro atoms. The second-order valence-electron chi connectivity index (χ2n) is 7.30. The van der Waals surface area contributed by atoms with E-state index in [1.165, 1.54) is 11.3 Å². The van der Waals surface area contributed by atoms with Crippen molar-refractivity contribution in [3.8, 4) is 0 Å². The highest BCUT2D eigenvalue weighted by atomic mass is 35.5. The zero-order chi connectivity index (χ0) is 20.5. The number of fused-ring (bicyclic) bond motifs is 2. The Hall–Kier alpha value is -2.41. The number of rotatable bonds is 6. The van der Waals surface area contributed by atoms with Gasteiger partial charge in [0.25, 0.3) is 5.91 Å². The zero-order valence-corrected chi connectivity index (χ0v) is 18.2. The van der Waals surface area contributed by atoms with Crippen molar-refractivity contribution in [3.05, 3.63) is 58.8 Å². The smallest absolute Gasteiger partial charge is 0.295 e. The highest BCUT2D eigenvalue weighted by Gasteiger charge is 2.25. The number of amides is 1. The first-order valence-electron chi connectivity index (χ1n) is 9.45. The summed E-state index contributed by atoms with van der Waals surface area (Å²) in [5.74, 6) is 0.130. The van der Waals surface area contributed by atoms with E-state index in [0.29, 0.717) is 28.0 Å². The fourth-order valence-electron chi connectivity index (χ4n) is 3.26. The summed E-state index contributed by atoms with van der Waals surface area (Å²) in [6.07, 6.45) is 0.821. The first-order valence-corrected chi connectivity index (χ1v) is 10.6. The molecule has 1 amide bonds. The molecule has 29 heavy (non-hydrogen) atoms. The summed E-state index contributed by atoms with van der Waals surface area (Å²) in [4.78, 5) is 22.0. The molecule has 0 aliphatic rings. The standard InChI is InChI=1S/C22H22ClN3O2S/c1-14-9-10-16(23)20-19(14)24-22(29-20)26(12-6-11-25(2)3)21(27)18-13-15-7-4-5-8-17(15)28-18/h4-5,7-10,13H,6,11-12H2,1-3H3. The summed E-state index contributed by atoms with van der Waals surface area (Å²) in [7, 11) is 4.04. The van der Waals surface area contributed by atoms with Crippen molar-refractivity contribution in [2.45, 2.75) is 13.3 Å². The van der Waals surface area contributed by atoms with Gasteiger partial charge in [0.05, 0.1) is 15.2 Å². The van der Waals surface area contributed by atoms with E-state index in [-0.39, 0.29) is 5.91 Å². The minimum atomic E-state index is -0.187. The van der Waals surface area contributed by atoms with Crippen LogP contribution in [0.4, 0.5) is 5.13 Å². The van der Waals surface area contributed by atoms with Gasteiger partial charge in [-0.25, -0.2) is 4.98 Å². The zero-order valence-electron chi connectivity index (χ0n) is 16.6. The number of furan rings is 1. The Bertz CT molecular complexity index is 1110. The first-order chi connectivity index (χ1) is 13.9. The number of carbonyl (C=O) groups is 1. The van der Waals surface area contributed by atoms with Crippen LogP contribution in [0.1, 0.15) is 22.5 Å². The minimum Gasteiger partial charge on any atom is -0.451 e. The number of aromatic nitrogens is 1. The minimum absolute atomic E-state index is 0.187. The molecule has 5 nitrogen and oxygen atoms in total. The molecule has 0 saturated heterocycles. The number of aryl methyl sites for hydroxylation is 1. The van der Waals surface area contributed by atoms with Crippen molar-refractivity contribution in [3.63, 3.8) is 0 Å². The normalized spacial score (nSPS) is 11.6. The van der Waals surface area contributed by atoms with Gasteiger partial charge in [-0.1, -0.05) is 47.2 Å². The maximum Gasteiger partial charge on any atom is 0.295 e. The maximum atomic E-state index is 13.4. The number of nitrogens with zero attached hydrogens (tertiary/aromatic N) is 3. The lowest BCUT2D eigenvalue weighted by atomic mass is 10.2. The molecule has 7 heteroatoms. The summed E-state index contributed by atoms with van der Waals surface area (Å²) in [5, 5.41) is 2.20. The van der Waals surface area contributed by atoms with E-state index in [1.54, 1.807) is 11.0 Å². The molecule has 0 saturated carbocycles. The molecule has 0 aliphatic heterocycles. The molecule has 0 atom stereocenters. The Morgan fingerprint density at radius 1 is 1.17 bits per heavy atom. The predicted octanol–water partition coefficient (Wildman–Crippen LogP) is 5.60. The topological polar surface area (TPSA) is 49.6 Å². The number of hydrogen-bond donors (Lipinski definition) is 0. The van der Waals surface area contributed by atoms with Gasteiger partial charge in [0.15, 0.2) is 10.9 Å². The van der Waals surface area contributed by atoms with E-state index in [1.807, 2.05) is 57.4 Å². The summed E-state index contributed by atoms with van der Waals surface area (Å²) in [5.41, 5.74) is 2.58. The number of thiazole rings is 1. The van der Waals surface area contributed by atoms with E-state index >= 15 is 0 Å². The molecule has 2 heterocycles. The van der Waals surface area contributed by atoms with Crippen LogP contribution in [0.2, 0.25) is 5.02 Å². The predicted molar refractivity (Wildman–Crippen MR) is 120 cm³/mol. The summed E-state index contributed by atoms with van der Waals surface area (Å²) in [6.45, 7) is 3.42. The molecule has 0 N–H and O–H groups in total. The number of hydrogen-bond acceptors (Lipinski definition) is 5. The van der Waals surface area contributed by atoms with Gasteiger partial charge in [-0.05, 0) is 57.7 Å². The monoisotopic (exact) mass is 427 g/mol. The fraction of sp³-hybridized carbons (Fsp3) is 0.273. The van der Waals surface area contributed by atoms with Gasteiger partial charge in [-0.15, -0.1) is 0 Å². The molecule has 150 valence electrons. The van der Waals surface area contributed by atoms with Gasteiger partial charge in [0, 0.05) is 11.9 Å². The van der Waals surface area contributed by atoms with Crippen LogP contribution >= 0.6 is 22.9 Å². The molecule has 4 aromatic rings. The molecule has 2 aromatic heterocycles. The van der Waals surface area contributed by atoms with Crippen molar-refractivity contribution in [2.24, 2.45) is 0 Å². The van der Waals surface area contributed by atoms with Crippen LogP contribution in [0.25, 0.3) is 21.2 Å². The first kappa shape index (κ1) is 19.9. The maximum absolute atomic E-state index is 13.4. The third-order valence-corrected chi connectivity index (χ3v) is 6.32. The van der Waals surface area contributed by atoms with Gasteiger partial charge in [-0.2, -0.15) is 0 Å². The second-order valence-corrected chi connectivity index (χ2v) is 8.69. The molecule has 2 aromatic carbocycles. The molecule has 0 fully saturated rings. The lowest BCUT2D eigenvalue weighted by molar-refractivity contribution is 0.0961. The van der Waals surface area contributed by atoms with Crippen molar-refractivity contribution < 1.29 is 9.21 Å². The Labute approximate surface area is 178 Å². The third kappa shape index (κ3) is 4.01. The Balaban J connectivity index is 1.73. The average molecular weight is 428 g/mol. The lowest BCUT2D eigenvalue weighted by Gasteiger charge is -2.19. The number of para-hydroxylation sites is 1. The lowest BCUT2D eigenvalue weighted by Crippen LogP contribution is -2.33. The Morgan fingerprint density at radius 2 is 1.97 bits per heavy atom. The molecule has 0 aliphatic carbocycles. The molecule has 0 unspecified atom stereocenters. The Morgan fingerprint density at radius 3 is 2.69 bits per heavy atom. The SMILES string of the molecule is Cc1ccc(Cl)c2sc(N(CCCN(C)C)C(=O)c3cc4ccccc4o3)nc12. The van der Waals surface area contributed by atoms with Crippen molar-refractivity contribution in [1.82, 2.24) is 9.88 Å². The van der Waals surface area contributed by atoms with Crippen LogP contribution in [0.15, 0.2) is 46.9 Å². The van der Waals surface area contributed by atoms with Crippen LogP contribution in [0.3, 0.4) is 0 Å². The van der Waals surface area contributed by atoms with Crippen LogP contribution < -0.4 is 4.90 Å². The molecule has 4 rings (SSSR count). The summed E-state index contributed by atoms with van der Waals surface area (Å²) >= 11 is 7.83. The van der Waals surface area contributed by atoms with Gasteiger partial charge in [0.2, 0.25) is 0 Å². The van der Waals surface area contributed by atoms with E-state index in [0.717, 1.165) is 34.1 Å². The highest BCUT2D eigenvalue weighted by Crippen LogP contribution is 2.36. The molecular weight excluding hydrogens is 406 g/mol. The number of anilines is 1. The molecule has 0 radical (unpaired) electrons. The average Bonchev–Trinajstić information content (AvgIpc) is 3.32. The third-order valence-electron chi connectivity index (χ3n) is 4.79. The van der Waals surface area contributed by atoms with Crippen molar-refractivity contribution >= 4 is 55.2 Å². The van der Waals surface area contributed by atoms with Crippen LogP contribution in [-0.2, 0) is 0 Å². The van der Waals surface area contributed by atoms with E-state index in [9.17, 15) is 4.79 Å². The molecular formula is C22H22ClN3O2S. The van der Waals surface area contributed by atoms with Crippen LogP contribution in [-0.4, -0.2) is 43.0 Å². The fourth-order valence-corrected chi connectivity index (χ4v) is 4.60. The van der Waals surface area contributed by atoms with Crippen LogP contribution in [0.5, 0.6) is 0 Å². The van der Waals surface area contributed by atoms with Crippen molar-refractivity contribution in [1.29, 1.82) is 0 Å². The largest absolute Gasteiger partial charge is 0.451 e. The summed E-state index contributed by atoms with van der Waals surface area (Å²) < 4.78 is 6.73. The number of carbonyl (C=O) groups excluding carboxylic acids is 1. The Kier molecular flexibility index (Phi) is 5.58. The number of benzene rings is 2. The van der Waals surface area contributed by atoms with Gasteiger partial charge < -0.3 is 9.32 Å². The quantitative estimate of drug-likeness (QED) is 0.401. The summed E-state index contributed by atoms with van der Waals surface area (Å²) in [6, 6.07) is 13.2. The number of halogens is 1. The van der Waals surface area contributed by atoms with Crippen LogP contribution in [0, 0.1) is 6.92 Å².